The first-order valence-electron chi connectivity index (χ1n) is 11.3. The van der Waals surface area contributed by atoms with E-state index in [1.165, 1.54) is 9.91 Å². The Kier molecular flexibility index (Phi) is 7.70. The lowest BCUT2D eigenvalue weighted by molar-refractivity contribution is -0.224. The summed E-state index contributed by atoms with van der Waals surface area (Å²) in [5.41, 5.74) is 1.79. The van der Waals surface area contributed by atoms with E-state index in [4.69, 9.17) is 0 Å². The summed E-state index contributed by atoms with van der Waals surface area (Å²) in [6, 6.07) is 15.5. The Hall–Kier alpha value is -2.99. The standard InChI is InChI=1S/C24H28BrN5O5/c1-27-15-21(31)29-19(11-22(32)33)23(34)28(13-17-8-5-9-18(25)10-17)14-20(29)30(27)24(35)26-12-16-6-3-2-4-7-16/h2-10,19-21,31H,11-15H2,1H3,(H,26,35)(H,32,33)/t19-,20-,21?/m0/s1. The zero-order valence-corrected chi connectivity index (χ0v) is 20.8. The minimum Gasteiger partial charge on any atom is -0.481 e. The number of hydrogen-bond donors (Lipinski definition) is 3. The van der Waals surface area contributed by atoms with Crippen LogP contribution in [0.5, 0.6) is 0 Å². The fraction of sp³-hybridized carbons (Fsp3) is 0.375. The number of nitrogens with one attached hydrogen (secondary N) is 1. The molecule has 2 fully saturated rings. The number of β-amino-alcohol motifs (C(OH)–C–C–N with tert-alkyl or cyclic N) is 1. The second-order valence-corrected chi connectivity index (χ2v) is 9.62. The van der Waals surface area contributed by atoms with Crippen molar-refractivity contribution in [1.29, 1.82) is 0 Å². The Morgan fingerprint density at radius 2 is 1.80 bits per heavy atom. The molecular weight excluding hydrogens is 518 g/mol. The molecule has 2 saturated heterocycles. The van der Waals surface area contributed by atoms with Gasteiger partial charge in [0, 0.05) is 24.6 Å². The van der Waals surface area contributed by atoms with E-state index in [2.05, 4.69) is 21.2 Å². The minimum absolute atomic E-state index is 0.0459. The van der Waals surface area contributed by atoms with Crippen LogP contribution in [0.2, 0.25) is 0 Å². The van der Waals surface area contributed by atoms with Gasteiger partial charge in [-0.25, -0.2) is 19.7 Å². The van der Waals surface area contributed by atoms with E-state index in [0.717, 1.165) is 15.6 Å². The van der Waals surface area contributed by atoms with E-state index in [1.807, 2.05) is 54.6 Å². The molecule has 10 nitrogen and oxygen atoms in total. The van der Waals surface area contributed by atoms with E-state index in [-0.39, 0.29) is 19.6 Å². The van der Waals surface area contributed by atoms with Crippen molar-refractivity contribution in [3.05, 3.63) is 70.2 Å². The zero-order valence-electron chi connectivity index (χ0n) is 19.2. The highest BCUT2D eigenvalue weighted by molar-refractivity contribution is 9.10. The number of nitrogens with zero attached hydrogens (tertiary/aromatic N) is 4. The van der Waals surface area contributed by atoms with Crippen LogP contribution in [0.15, 0.2) is 59.1 Å². The number of amides is 3. The number of hydrogen-bond acceptors (Lipinski definition) is 6. The quantitative estimate of drug-likeness (QED) is 0.505. The molecule has 0 spiro atoms. The number of benzene rings is 2. The van der Waals surface area contributed by atoms with Crippen LogP contribution in [-0.2, 0) is 22.7 Å². The Morgan fingerprint density at radius 1 is 1.09 bits per heavy atom. The van der Waals surface area contributed by atoms with Crippen molar-refractivity contribution < 1.29 is 24.6 Å². The van der Waals surface area contributed by atoms with Gasteiger partial charge in [0.25, 0.3) is 0 Å². The molecule has 11 heteroatoms. The summed E-state index contributed by atoms with van der Waals surface area (Å²) in [4.78, 5) is 41.4. The first-order valence-corrected chi connectivity index (χ1v) is 12.1. The van der Waals surface area contributed by atoms with Gasteiger partial charge in [-0.15, -0.1) is 0 Å². The molecule has 2 heterocycles. The molecule has 3 amide bonds. The highest BCUT2D eigenvalue weighted by Crippen LogP contribution is 2.30. The van der Waals surface area contributed by atoms with Crippen LogP contribution >= 0.6 is 15.9 Å². The first kappa shape index (κ1) is 25.1. The number of hydrazine groups is 1. The number of carbonyl (C=O) groups excluding carboxylic acids is 2. The number of aliphatic hydroxyl groups is 1. The number of likely N-dealkylation sites (N-methyl/N-ethyl adjacent to an activating group) is 1. The van der Waals surface area contributed by atoms with Gasteiger partial charge in [-0.2, -0.15) is 0 Å². The van der Waals surface area contributed by atoms with Crippen LogP contribution in [0.4, 0.5) is 4.79 Å². The highest BCUT2D eigenvalue weighted by atomic mass is 79.9. The lowest BCUT2D eigenvalue weighted by Gasteiger charge is -2.56. The van der Waals surface area contributed by atoms with Crippen LogP contribution in [0.25, 0.3) is 0 Å². The number of halogens is 1. The summed E-state index contributed by atoms with van der Waals surface area (Å²) >= 11 is 3.43. The molecule has 4 rings (SSSR count). The monoisotopic (exact) mass is 545 g/mol. The van der Waals surface area contributed by atoms with Crippen LogP contribution < -0.4 is 5.32 Å². The molecule has 2 aromatic carbocycles. The Labute approximate surface area is 211 Å². The summed E-state index contributed by atoms with van der Waals surface area (Å²) in [7, 11) is 1.68. The smallest absolute Gasteiger partial charge is 0.333 e. The van der Waals surface area contributed by atoms with Gasteiger partial charge in [0.05, 0.1) is 19.5 Å². The van der Waals surface area contributed by atoms with E-state index in [1.54, 1.807) is 17.0 Å². The predicted molar refractivity (Wildman–Crippen MR) is 130 cm³/mol. The van der Waals surface area contributed by atoms with Gasteiger partial charge in [-0.1, -0.05) is 58.4 Å². The van der Waals surface area contributed by atoms with E-state index in [9.17, 15) is 24.6 Å². The fourth-order valence-corrected chi connectivity index (χ4v) is 5.13. The van der Waals surface area contributed by atoms with Crippen molar-refractivity contribution in [2.24, 2.45) is 0 Å². The molecule has 35 heavy (non-hydrogen) atoms. The number of aliphatic hydroxyl groups excluding tert-OH is 1. The van der Waals surface area contributed by atoms with E-state index >= 15 is 0 Å². The third-order valence-electron chi connectivity index (χ3n) is 6.23. The van der Waals surface area contributed by atoms with Gasteiger partial charge in [-0.3, -0.25) is 9.59 Å². The molecular formula is C24H28BrN5O5. The third-order valence-corrected chi connectivity index (χ3v) is 6.72. The van der Waals surface area contributed by atoms with E-state index < -0.39 is 42.8 Å². The molecule has 2 aliphatic heterocycles. The third kappa shape index (κ3) is 5.64. The normalized spacial score (nSPS) is 23.2. The van der Waals surface area contributed by atoms with Crippen LogP contribution in [0.1, 0.15) is 17.5 Å². The topological polar surface area (TPSA) is 117 Å². The SMILES string of the molecule is CN1CC(O)N2[C@@H](CC(=O)O)C(=O)N(Cc3cccc(Br)c3)C[C@@H]2N1C(=O)NCc1ccccc1. The van der Waals surface area contributed by atoms with Gasteiger partial charge >= 0.3 is 12.0 Å². The maximum Gasteiger partial charge on any atom is 0.333 e. The number of carboxylic acids is 1. The first-order chi connectivity index (χ1) is 16.7. The minimum atomic E-state index is -1.15. The molecule has 3 atom stereocenters. The molecule has 186 valence electrons. The maximum atomic E-state index is 13.4. The Balaban J connectivity index is 1.61. The van der Waals surface area contributed by atoms with Crippen LogP contribution in [0, 0.1) is 0 Å². The lowest BCUT2D eigenvalue weighted by atomic mass is 10.0. The van der Waals surface area contributed by atoms with Gasteiger partial charge in [-0.05, 0) is 23.3 Å². The Bertz CT molecular complexity index is 1090. The van der Waals surface area contributed by atoms with Crippen molar-refractivity contribution in [1.82, 2.24) is 25.1 Å². The van der Waals surface area contributed by atoms with Crippen molar-refractivity contribution in [3.8, 4) is 0 Å². The molecule has 2 aromatic rings. The molecule has 0 bridgehead atoms. The molecule has 0 aliphatic carbocycles. The number of carboxylic acid groups (broad SMARTS) is 1. The molecule has 3 N–H and O–H groups in total. The molecule has 2 aliphatic rings. The van der Waals surface area contributed by atoms with Gasteiger partial charge < -0.3 is 20.4 Å². The number of rotatable bonds is 6. The average Bonchev–Trinajstić information content (AvgIpc) is 2.80. The summed E-state index contributed by atoms with van der Waals surface area (Å²) in [6.07, 6.45) is -2.33. The summed E-state index contributed by atoms with van der Waals surface area (Å²) in [5.74, 6) is -1.55. The number of piperazine rings is 1. The molecule has 0 radical (unpaired) electrons. The Morgan fingerprint density at radius 3 is 2.49 bits per heavy atom. The fourth-order valence-electron chi connectivity index (χ4n) is 4.68. The number of aliphatic carboxylic acids is 1. The largest absolute Gasteiger partial charge is 0.481 e. The number of carbonyl (C=O) groups is 3. The summed E-state index contributed by atoms with van der Waals surface area (Å²) in [6.45, 7) is 0.711. The molecule has 0 aromatic heterocycles. The number of fused-ring (bicyclic) bond motifs is 1. The lowest BCUT2D eigenvalue weighted by Crippen LogP contribution is -2.77. The summed E-state index contributed by atoms with van der Waals surface area (Å²) < 4.78 is 0.859. The van der Waals surface area contributed by atoms with Crippen molar-refractivity contribution >= 4 is 33.8 Å². The second kappa shape index (κ2) is 10.7. The molecule has 0 saturated carbocycles. The van der Waals surface area contributed by atoms with Gasteiger partial charge in [0.2, 0.25) is 5.91 Å². The van der Waals surface area contributed by atoms with Crippen molar-refractivity contribution in [3.63, 3.8) is 0 Å². The number of urea groups is 1. The van der Waals surface area contributed by atoms with Gasteiger partial charge in [0.1, 0.15) is 18.4 Å². The predicted octanol–water partition coefficient (Wildman–Crippen LogP) is 1.65. The second-order valence-electron chi connectivity index (χ2n) is 8.70. The van der Waals surface area contributed by atoms with Gasteiger partial charge in [0.15, 0.2) is 0 Å². The maximum absolute atomic E-state index is 13.4. The summed E-state index contributed by atoms with van der Waals surface area (Å²) in [5, 5.41) is 26.3. The highest BCUT2D eigenvalue weighted by Gasteiger charge is 2.51. The van der Waals surface area contributed by atoms with Crippen molar-refractivity contribution in [2.45, 2.75) is 37.9 Å². The van der Waals surface area contributed by atoms with Crippen LogP contribution in [-0.4, -0.2) is 86.5 Å². The zero-order chi connectivity index (χ0) is 25.1. The van der Waals surface area contributed by atoms with Crippen LogP contribution in [0.3, 0.4) is 0 Å². The average molecular weight is 546 g/mol. The van der Waals surface area contributed by atoms with E-state index in [0.29, 0.717) is 6.54 Å². The van der Waals surface area contributed by atoms with Crippen molar-refractivity contribution in [2.75, 3.05) is 20.1 Å². The molecule has 1 unspecified atom stereocenters.